The molecule has 1 unspecified atom stereocenters. The van der Waals surface area contributed by atoms with E-state index in [1.165, 1.54) is 5.56 Å². The van der Waals surface area contributed by atoms with E-state index in [1.54, 1.807) is 0 Å². The van der Waals surface area contributed by atoms with Gasteiger partial charge in [-0.2, -0.15) is 0 Å². The average molecular weight is 326 g/mol. The minimum Gasteiger partial charge on any atom is -0.396 e. The molecule has 0 aliphatic rings. The predicted molar refractivity (Wildman–Crippen MR) is 79.1 cm³/mol. The van der Waals surface area contributed by atoms with Crippen molar-refractivity contribution in [2.24, 2.45) is 0 Å². The van der Waals surface area contributed by atoms with Gasteiger partial charge in [0.25, 0.3) is 0 Å². The van der Waals surface area contributed by atoms with Crippen molar-refractivity contribution in [3.05, 3.63) is 69.2 Å². The molecule has 0 aliphatic heterocycles. The predicted octanol–water partition coefficient (Wildman–Crippen LogP) is 4.42. The Morgan fingerprint density at radius 2 is 1.89 bits per heavy atom. The molecule has 0 aromatic heterocycles. The van der Waals surface area contributed by atoms with Gasteiger partial charge in [0.1, 0.15) is 0 Å². The van der Waals surface area contributed by atoms with Crippen molar-refractivity contribution in [2.75, 3.05) is 6.61 Å². The van der Waals surface area contributed by atoms with Gasteiger partial charge in [-0.15, -0.1) is 0 Å². The normalized spacial score (nSPS) is 12.4. The molecule has 1 N–H and O–H groups in total. The third-order valence-corrected chi connectivity index (χ3v) is 3.64. The SMILES string of the molecule is OCC(Cc1cccc(Br)c1)c1cccc(Cl)c1. The van der Waals surface area contributed by atoms with E-state index >= 15 is 0 Å². The molecule has 0 heterocycles. The molecule has 0 saturated heterocycles. The lowest BCUT2D eigenvalue weighted by Gasteiger charge is -2.15. The molecule has 0 aliphatic carbocycles. The second-order valence-corrected chi connectivity index (χ2v) is 5.62. The molecule has 3 heteroatoms. The highest BCUT2D eigenvalue weighted by atomic mass is 79.9. The molecular formula is C15H14BrClO. The van der Waals surface area contributed by atoms with Gasteiger partial charge in [0.05, 0.1) is 6.61 Å². The summed E-state index contributed by atoms with van der Waals surface area (Å²) in [4.78, 5) is 0. The molecule has 0 saturated carbocycles. The van der Waals surface area contributed by atoms with E-state index < -0.39 is 0 Å². The van der Waals surface area contributed by atoms with Crippen LogP contribution in [0, 0.1) is 0 Å². The number of halogens is 2. The quantitative estimate of drug-likeness (QED) is 0.882. The molecule has 94 valence electrons. The third-order valence-electron chi connectivity index (χ3n) is 2.91. The van der Waals surface area contributed by atoms with E-state index in [1.807, 2.05) is 36.4 Å². The van der Waals surface area contributed by atoms with Crippen LogP contribution >= 0.6 is 27.5 Å². The van der Waals surface area contributed by atoms with Crippen molar-refractivity contribution < 1.29 is 5.11 Å². The van der Waals surface area contributed by atoms with Gasteiger partial charge in [0.15, 0.2) is 0 Å². The number of rotatable bonds is 4. The van der Waals surface area contributed by atoms with Gasteiger partial charge in [-0.25, -0.2) is 0 Å². The van der Waals surface area contributed by atoms with E-state index in [0.29, 0.717) is 5.02 Å². The largest absolute Gasteiger partial charge is 0.396 e. The minimum atomic E-state index is 0.0815. The molecule has 1 atom stereocenters. The van der Waals surface area contributed by atoms with Crippen LogP contribution in [0.1, 0.15) is 17.0 Å². The van der Waals surface area contributed by atoms with Crippen LogP contribution in [0.5, 0.6) is 0 Å². The first-order valence-corrected chi connectivity index (χ1v) is 6.97. The van der Waals surface area contributed by atoms with Crippen LogP contribution in [0.2, 0.25) is 5.02 Å². The van der Waals surface area contributed by atoms with E-state index in [9.17, 15) is 5.11 Å². The summed E-state index contributed by atoms with van der Waals surface area (Å²) in [5.74, 6) is 0.0815. The Morgan fingerprint density at radius 3 is 2.56 bits per heavy atom. The zero-order chi connectivity index (χ0) is 13.0. The van der Waals surface area contributed by atoms with E-state index in [2.05, 4.69) is 28.1 Å². The summed E-state index contributed by atoms with van der Waals surface area (Å²) in [7, 11) is 0. The number of hydrogen-bond acceptors (Lipinski definition) is 1. The molecule has 0 bridgehead atoms. The van der Waals surface area contributed by atoms with Crippen LogP contribution in [0.4, 0.5) is 0 Å². The Morgan fingerprint density at radius 1 is 1.11 bits per heavy atom. The van der Waals surface area contributed by atoms with Crippen LogP contribution in [0.25, 0.3) is 0 Å². The third kappa shape index (κ3) is 3.58. The highest BCUT2D eigenvalue weighted by Crippen LogP contribution is 2.24. The van der Waals surface area contributed by atoms with Crippen molar-refractivity contribution in [3.63, 3.8) is 0 Å². The first kappa shape index (κ1) is 13.6. The maximum atomic E-state index is 9.55. The summed E-state index contributed by atoms with van der Waals surface area (Å²) in [6.45, 7) is 0.118. The summed E-state index contributed by atoms with van der Waals surface area (Å²) in [5.41, 5.74) is 2.27. The van der Waals surface area contributed by atoms with Crippen molar-refractivity contribution in [1.29, 1.82) is 0 Å². The average Bonchev–Trinajstić information content (AvgIpc) is 2.36. The number of aliphatic hydroxyl groups is 1. The molecule has 0 fully saturated rings. The Bertz CT molecular complexity index is 527. The molecule has 0 amide bonds. The monoisotopic (exact) mass is 324 g/mol. The summed E-state index contributed by atoms with van der Waals surface area (Å²) in [5, 5.41) is 10.3. The first-order chi connectivity index (χ1) is 8.69. The topological polar surface area (TPSA) is 20.2 Å². The lowest BCUT2D eigenvalue weighted by molar-refractivity contribution is 0.264. The number of aliphatic hydroxyl groups excluding tert-OH is 1. The number of benzene rings is 2. The van der Waals surface area contributed by atoms with Gasteiger partial charge >= 0.3 is 0 Å². The molecule has 0 radical (unpaired) electrons. The second kappa shape index (κ2) is 6.37. The summed E-state index contributed by atoms with van der Waals surface area (Å²) < 4.78 is 1.06. The van der Waals surface area contributed by atoms with Crippen LogP contribution in [0.3, 0.4) is 0 Å². The van der Waals surface area contributed by atoms with Crippen molar-refractivity contribution in [2.45, 2.75) is 12.3 Å². The van der Waals surface area contributed by atoms with Gasteiger partial charge in [-0.3, -0.25) is 0 Å². The van der Waals surface area contributed by atoms with Crippen LogP contribution < -0.4 is 0 Å². The Balaban J connectivity index is 2.19. The highest BCUT2D eigenvalue weighted by molar-refractivity contribution is 9.10. The zero-order valence-electron chi connectivity index (χ0n) is 9.81. The molecule has 18 heavy (non-hydrogen) atoms. The van der Waals surface area contributed by atoms with Gasteiger partial charge in [-0.1, -0.05) is 51.8 Å². The van der Waals surface area contributed by atoms with Crippen molar-refractivity contribution in [3.8, 4) is 0 Å². The fourth-order valence-electron chi connectivity index (χ4n) is 2.00. The molecule has 2 aromatic rings. The lowest BCUT2D eigenvalue weighted by atomic mass is 9.93. The van der Waals surface area contributed by atoms with Gasteiger partial charge in [0.2, 0.25) is 0 Å². The number of hydrogen-bond donors (Lipinski definition) is 1. The van der Waals surface area contributed by atoms with Crippen LogP contribution in [-0.2, 0) is 6.42 Å². The fourth-order valence-corrected chi connectivity index (χ4v) is 2.64. The minimum absolute atomic E-state index is 0.0815. The van der Waals surface area contributed by atoms with Crippen molar-refractivity contribution >= 4 is 27.5 Å². The van der Waals surface area contributed by atoms with Crippen LogP contribution in [-0.4, -0.2) is 11.7 Å². The van der Waals surface area contributed by atoms with Crippen molar-refractivity contribution in [1.82, 2.24) is 0 Å². The molecule has 0 spiro atoms. The standard InChI is InChI=1S/C15H14BrClO/c16-14-5-1-3-11(8-14)7-13(10-18)12-4-2-6-15(17)9-12/h1-6,8-9,13,18H,7,10H2. The van der Waals surface area contributed by atoms with E-state index in [4.69, 9.17) is 11.6 Å². The van der Waals surface area contributed by atoms with Crippen LogP contribution in [0.15, 0.2) is 53.0 Å². The molecule has 2 rings (SSSR count). The lowest BCUT2D eigenvalue weighted by Crippen LogP contribution is -2.07. The smallest absolute Gasteiger partial charge is 0.0502 e. The summed E-state index contributed by atoms with van der Waals surface area (Å²) in [6.07, 6.45) is 0.802. The van der Waals surface area contributed by atoms with Gasteiger partial charge < -0.3 is 5.11 Å². The van der Waals surface area contributed by atoms with Gasteiger partial charge in [-0.05, 0) is 41.8 Å². The molecule has 1 nitrogen and oxygen atoms in total. The van der Waals surface area contributed by atoms with E-state index in [-0.39, 0.29) is 12.5 Å². The van der Waals surface area contributed by atoms with E-state index in [0.717, 1.165) is 16.5 Å². The summed E-state index contributed by atoms with van der Waals surface area (Å²) in [6, 6.07) is 15.8. The molecular weight excluding hydrogens is 312 g/mol. The molecule has 2 aromatic carbocycles. The fraction of sp³-hybridized carbons (Fsp3) is 0.200. The maximum absolute atomic E-state index is 9.55. The Hall–Kier alpha value is -0.830. The maximum Gasteiger partial charge on any atom is 0.0502 e. The Kier molecular flexibility index (Phi) is 4.81. The Labute approximate surface area is 121 Å². The second-order valence-electron chi connectivity index (χ2n) is 4.27. The van der Waals surface area contributed by atoms with Gasteiger partial charge in [0, 0.05) is 15.4 Å². The highest BCUT2D eigenvalue weighted by Gasteiger charge is 2.11. The first-order valence-electron chi connectivity index (χ1n) is 5.80. The zero-order valence-corrected chi connectivity index (χ0v) is 12.2. The summed E-state index contributed by atoms with van der Waals surface area (Å²) >= 11 is 9.44.